The summed E-state index contributed by atoms with van der Waals surface area (Å²) in [5.74, 6) is 1.10. The summed E-state index contributed by atoms with van der Waals surface area (Å²) >= 11 is 0. The summed E-state index contributed by atoms with van der Waals surface area (Å²) in [7, 11) is 0. The number of hydrogen-bond donors (Lipinski definition) is 0. The van der Waals surface area contributed by atoms with Crippen molar-refractivity contribution in [3.63, 3.8) is 0 Å². The van der Waals surface area contributed by atoms with Gasteiger partial charge in [0.15, 0.2) is 0 Å². The largest absolute Gasteiger partial charge is 0.333 e. The zero-order chi connectivity index (χ0) is 18.2. The van der Waals surface area contributed by atoms with E-state index in [1.54, 1.807) is 16.8 Å². The fraction of sp³-hybridized carbons (Fsp3) is 0.400. The number of amides is 1. The molecule has 0 spiro atoms. The predicted octanol–water partition coefficient (Wildman–Crippen LogP) is 1.86. The van der Waals surface area contributed by atoms with Gasteiger partial charge in [-0.15, -0.1) is 0 Å². The normalized spacial score (nSPS) is 22.9. The van der Waals surface area contributed by atoms with Gasteiger partial charge in [0.2, 0.25) is 5.78 Å². The molecule has 2 atom stereocenters. The van der Waals surface area contributed by atoms with Crippen molar-refractivity contribution in [3.05, 3.63) is 60.4 Å². The average Bonchev–Trinajstić information content (AvgIpc) is 2.95. The van der Waals surface area contributed by atoms with Crippen molar-refractivity contribution in [3.8, 4) is 0 Å². The van der Waals surface area contributed by atoms with Gasteiger partial charge < -0.3 is 4.90 Å². The summed E-state index contributed by atoms with van der Waals surface area (Å²) in [4.78, 5) is 30.8. The number of nitrogens with zero attached hydrogens (tertiary/aromatic N) is 6. The van der Waals surface area contributed by atoms with Crippen LogP contribution in [0.4, 0.5) is 0 Å². The smallest absolute Gasteiger partial charge is 0.274 e. The van der Waals surface area contributed by atoms with E-state index in [1.807, 2.05) is 35.5 Å². The van der Waals surface area contributed by atoms with Gasteiger partial charge in [0.1, 0.15) is 5.69 Å². The second kappa shape index (κ2) is 6.74. The van der Waals surface area contributed by atoms with Crippen molar-refractivity contribution < 1.29 is 4.79 Å². The number of imidazole rings is 1. The minimum Gasteiger partial charge on any atom is -0.333 e. The van der Waals surface area contributed by atoms with Crippen LogP contribution in [0.5, 0.6) is 0 Å². The SMILES string of the molecule is O=C(c1cn2cccnc2n1)N1C[C@H]2CC[C@@H]1CN(Cc1ccccn1)C2. The van der Waals surface area contributed by atoms with Gasteiger partial charge in [-0.1, -0.05) is 6.07 Å². The lowest BCUT2D eigenvalue weighted by molar-refractivity contribution is 0.0579. The molecule has 138 valence electrons. The van der Waals surface area contributed by atoms with Gasteiger partial charge in [-0.25, -0.2) is 9.97 Å². The summed E-state index contributed by atoms with van der Waals surface area (Å²) in [6.07, 6.45) is 9.43. The van der Waals surface area contributed by atoms with Crippen molar-refractivity contribution in [1.82, 2.24) is 29.2 Å². The van der Waals surface area contributed by atoms with Gasteiger partial charge in [-0.3, -0.25) is 19.1 Å². The Balaban J connectivity index is 1.36. The Morgan fingerprint density at radius 3 is 2.85 bits per heavy atom. The Morgan fingerprint density at radius 1 is 1.07 bits per heavy atom. The molecular formula is C20H22N6O. The number of carbonyl (C=O) groups excluding carboxylic acids is 1. The maximum Gasteiger partial charge on any atom is 0.274 e. The van der Waals surface area contributed by atoms with Crippen LogP contribution in [0.25, 0.3) is 5.78 Å². The fourth-order valence-electron chi connectivity index (χ4n) is 4.36. The summed E-state index contributed by atoms with van der Waals surface area (Å²) in [6.45, 7) is 3.56. The highest BCUT2D eigenvalue weighted by Crippen LogP contribution is 2.29. The minimum atomic E-state index is 0.0230. The van der Waals surface area contributed by atoms with Crippen LogP contribution >= 0.6 is 0 Å². The first-order chi connectivity index (χ1) is 13.3. The molecule has 3 aromatic heterocycles. The molecule has 3 aliphatic heterocycles. The molecule has 3 fully saturated rings. The van der Waals surface area contributed by atoms with Crippen molar-refractivity contribution in [2.24, 2.45) is 5.92 Å². The number of rotatable bonds is 3. The van der Waals surface area contributed by atoms with Crippen LogP contribution in [-0.4, -0.2) is 60.7 Å². The standard InChI is InChI=1S/C20H22N6O/c27-19(18-14-25-9-3-8-22-20(25)23-18)26-11-15-5-6-17(26)13-24(10-15)12-16-4-1-2-7-21-16/h1-4,7-9,14-15,17H,5-6,10-13H2/t15-,17+/m0/s1. The molecule has 2 bridgehead atoms. The van der Waals surface area contributed by atoms with Crippen LogP contribution in [0.2, 0.25) is 0 Å². The van der Waals surface area contributed by atoms with E-state index in [9.17, 15) is 4.79 Å². The highest BCUT2D eigenvalue weighted by atomic mass is 16.2. The van der Waals surface area contributed by atoms with E-state index >= 15 is 0 Å². The van der Waals surface area contributed by atoms with Gasteiger partial charge in [-0.2, -0.15) is 0 Å². The lowest BCUT2D eigenvalue weighted by atomic mass is 9.95. The van der Waals surface area contributed by atoms with Crippen molar-refractivity contribution in [2.75, 3.05) is 19.6 Å². The summed E-state index contributed by atoms with van der Waals surface area (Å²) in [6, 6.07) is 8.12. The van der Waals surface area contributed by atoms with Gasteiger partial charge in [0.25, 0.3) is 5.91 Å². The maximum atomic E-state index is 13.2. The average molecular weight is 362 g/mol. The molecule has 0 saturated carbocycles. The number of fused-ring (bicyclic) bond motifs is 5. The molecule has 7 heteroatoms. The third kappa shape index (κ3) is 3.19. The number of aromatic nitrogens is 4. The summed E-state index contributed by atoms with van der Waals surface area (Å²) in [5, 5.41) is 0. The van der Waals surface area contributed by atoms with E-state index in [0.717, 1.165) is 38.3 Å². The van der Waals surface area contributed by atoms with Gasteiger partial charge in [0.05, 0.1) is 5.69 Å². The first-order valence-corrected chi connectivity index (χ1v) is 9.49. The number of pyridine rings is 1. The molecular weight excluding hydrogens is 340 g/mol. The van der Waals surface area contributed by atoms with E-state index < -0.39 is 0 Å². The second-order valence-electron chi connectivity index (χ2n) is 7.52. The molecule has 3 saturated heterocycles. The summed E-state index contributed by atoms with van der Waals surface area (Å²) in [5.41, 5.74) is 1.57. The number of hydrogen-bond acceptors (Lipinski definition) is 5. The van der Waals surface area contributed by atoms with Gasteiger partial charge in [0, 0.05) is 57.0 Å². The summed E-state index contributed by atoms with van der Waals surface area (Å²) < 4.78 is 1.80. The van der Waals surface area contributed by atoms with Gasteiger partial charge >= 0.3 is 0 Å². The predicted molar refractivity (Wildman–Crippen MR) is 100 cm³/mol. The zero-order valence-corrected chi connectivity index (χ0v) is 15.1. The molecule has 0 radical (unpaired) electrons. The highest BCUT2D eigenvalue weighted by Gasteiger charge is 2.38. The molecule has 1 amide bonds. The first-order valence-electron chi connectivity index (χ1n) is 9.49. The van der Waals surface area contributed by atoms with E-state index in [2.05, 4.69) is 25.9 Å². The van der Waals surface area contributed by atoms with E-state index in [-0.39, 0.29) is 11.9 Å². The molecule has 7 nitrogen and oxygen atoms in total. The lowest BCUT2D eigenvalue weighted by Crippen LogP contribution is -2.47. The van der Waals surface area contributed by atoms with Crippen LogP contribution in [-0.2, 0) is 6.54 Å². The van der Waals surface area contributed by atoms with E-state index in [0.29, 0.717) is 17.4 Å². The van der Waals surface area contributed by atoms with Crippen LogP contribution in [0, 0.1) is 5.92 Å². The quantitative estimate of drug-likeness (QED) is 0.711. The highest BCUT2D eigenvalue weighted by molar-refractivity contribution is 5.93. The lowest BCUT2D eigenvalue weighted by Gasteiger charge is -2.35. The molecule has 6 heterocycles. The molecule has 27 heavy (non-hydrogen) atoms. The topological polar surface area (TPSA) is 66.6 Å². The molecule has 0 aromatic carbocycles. The van der Waals surface area contributed by atoms with Gasteiger partial charge in [-0.05, 0) is 37.0 Å². The Bertz CT molecular complexity index is 922. The third-order valence-corrected chi connectivity index (χ3v) is 5.62. The monoisotopic (exact) mass is 362 g/mol. The van der Waals surface area contributed by atoms with Crippen molar-refractivity contribution in [2.45, 2.75) is 25.4 Å². The van der Waals surface area contributed by atoms with Crippen LogP contribution in [0.1, 0.15) is 29.0 Å². The molecule has 3 aromatic rings. The van der Waals surface area contributed by atoms with E-state index in [4.69, 9.17) is 0 Å². The Hall–Kier alpha value is -2.80. The first kappa shape index (κ1) is 16.4. The van der Waals surface area contributed by atoms with Crippen molar-refractivity contribution in [1.29, 1.82) is 0 Å². The fourth-order valence-corrected chi connectivity index (χ4v) is 4.36. The Morgan fingerprint density at radius 2 is 2.00 bits per heavy atom. The molecule has 0 unspecified atom stereocenters. The van der Waals surface area contributed by atoms with Crippen LogP contribution in [0.3, 0.4) is 0 Å². The second-order valence-corrected chi connectivity index (χ2v) is 7.52. The molecule has 0 N–H and O–H groups in total. The number of carbonyl (C=O) groups is 1. The Kier molecular flexibility index (Phi) is 4.09. The van der Waals surface area contributed by atoms with Crippen molar-refractivity contribution >= 4 is 11.7 Å². The molecule has 3 aliphatic rings. The Labute approximate surface area is 157 Å². The van der Waals surface area contributed by atoms with Crippen LogP contribution in [0.15, 0.2) is 49.1 Å². The van der Waals surface area contributed by atoms with Crippen LogP contribution < -0.4 is 0 Å². The molecule has 6 rings (SSSR count). The zero-order valence-electron chi connectivity index (χ0n) is 15.1. The minimum absolute atomic E-state index is 0.0230. The number of piperidine rings is 1. The van der Waals surface area contributed by atoms with E-state index in [1.165, 1.54) is 6.42 Å². The molecule has 0 aliphatic carbocycles. The maximum absolute atomic E-state index is 13.2. The third-order valence-electron chi connectivity index (χ3n) is 5.62.